The molecule has 0 aromatic rings. The van der Waals surface area contributed by atoms with Crippen molar-refractivity contribution in [3.05, 3.63) is 0 Å². The van der Waals surface area contributed by atoms with Gasteiger partial charge < -0.3 is 16.0 Å². The summed E-state index contributed by atoms with van der Waals surface area (Å²) in [5.74, 6) is -4.23. The number of hydrogen-bond acceptors (Lipinski definition) is 3. The van der Waals surface area contributed by atoms with Crippen molar-refractivity contribution in [2.75, 3.05) is 19.6 Å². The minimum atomic E-state index is -3.10. The third-order valence-corrected chi connectivity index (χ3v) is 3.73. The molecule has 0 aromatic carbocycles. The van der Waals surface area contributed by atoms with Gasteiger partial charge in [0.25, 0.3) is 5.92 Å². The summed E-state index contributed by atoms with van der Waals surface area (Å²) in [6.07, 6.45) is 1.74. The summed E-state index contributed by atoms with van der Waals surface area (Å²) in [6.45, 7) is 2.69. The van der Waals surface area contributed by atoms with Gasteiger partial charge in [-0.25, -0.2) is 8.78 Å². The highest BCUT2D eigenvalue weighted by Gasteiger charge is 2.37. The highest BCUT2D eigenvalue weighted by atomic mass is 35.5. The molecule has 1 saturated heterocycles. The number of carbonyl (C=O) groups is 2. The lowest BCUT2D eigenvalue weighted by molar-refractivity contribution is -0.130. The predicted octanol–water partition coefficient (Wildman–Crippen LogP) is 1.16. The average molecular weight is 328 g/mol. The van der Waals surface area contributed by atoms with Crippen LogP contribution in [0.5, 0.6) is 0 Å². The van der Waals surface area contributed by atoms with Crippen LogP contribution in [0.25, 0.3) is 0 Å². The molecule has 0 aliphatic carbocycles. The van der Waals surface area contributed by atoms with Crippen molar-refractivity contribution in [3.63, 3.8) is 0 Å². The van der Waals surface area contributed by atoms with Gasteiger partial charge in [0.2, 0.25) is 11.8 Å². The minimum Gasteiger partial charge on any atom is -0.350 e. The number of nitrogens with zero attached hydrogens (tertiary/aromatic N) is 1. The molecule has 5 nitrogen and oxygen atoms in total. The fourth-order valence-electron chi connectivity index (χ4n) is 2.42. The van der Waals surface area contributed by atoms with Crippen LogP contribution in [-0.4, -0.2) is 48.3 Å². The van der Waals surface area contributed by atoms with Gasteiger partial charge in [0.1, 0.15) is 0 Å². The van der Waals surface area contributed by atoms with Crippen LogP contribution in [-0.2, 0) is 9.59 Å². The van der Waals surface area contributed by atoms with Gasteiger partial charge in [-0.15, -0.1) is 12.4 Å². The Morgan fingerprint density at radius 1 is 1.48 bits per heavy atom. The molecule has 1 aliphatic heterocycles. The Bertz CT molecular complexity index is 365. The average Bonchev–Trinajstić information content (AvgIpc) is 2.80. The molecule has 1 rings (SSSR count). The van der Waals surface area contributed by atoms with Crippen molar-refractivity contribution >= 4 is 24.2 Å². The highest BCUT2D eigenvalue weighted by Crippen LogP contribution is 2.23. The number of nitrogens with two attached hydrogens (primary N) is 1. The summed E-state index contributed by atoms with van der Waals surface area (Å²) in [7, 11) is 0. The second kappa shape index (κ2) is 8.48. The largest absolute Gasteiger partial charge is 0.350 e. The first kappa shape index (κ1) is 20.1. The normalized spacial score (nSPS) is 18.9. The lowest BCUT2D eigenvalue weighted by atomic mass is 10.1. The van der Waals surface area contributed by atoms with Crippen LogP contribution in [0.3, 0.4) is 0 Å². The number of nitrogens with one attached hydrogen (secondary N) is 1. The Morgan fingerprint density at radius 2 is 2.05 bits per heavy atom. The van der Waals surface area contributed by atoms with Gasteiger partial charge in [0.15, 0.2) is 0 Å². The molecule has 1 fully saturated rings. The number of alkyl halides is 2. The Morgan fingerprint density at radius 3 is 2.52 bits per heavy atom. The summed E-state index contributed by atoms with van der Waals surface area (Å²) in [5.41, 5.74) is 4.90. The fourth-order valence-corrected chi connectivity index (χ4v) is 2.42. The van der Waals surface area contributed by atoms with Crippen LogP contribution in [0.2, 0.25) is 0 Å². The molecule has 3 N–H and O–H groups in total. The first-order chi connectivity index (χ1) is 9.34. The maximum absolute atomic E-state index is 13.0. The van der Waals surface area contributed by atoms with E-state index in [2.05, 4.69) is 5.32 Å². The van der Waals surface area contributed by atoms with Crippen molar-refractivity contribution in [2.24, 2.45) is 11.7 Å². The van der Waals surface area contributed by atoms with E-state index in [1.165, 1.54) is 0 Å². The number of rotatable bonds is 7. The summed E-state index contributed by atoms with van der Waals surface area (Å²) in [4.78, 5) is 25.4. The van der Waals surface area contributed by atoms with Crippen LogP contribution in [0.15, 0.2) is 0 Å². The maximum Gasteiger partial charge on any atom is 0.277 e. The van der Waals surface area contributed by atoms with E-state index in [1.807, 2.05) is 13.8 Å². The van der Waals surface area contributed by atoms with Crippen LogP contribution in [0.4, 0.5) is 8.78 Å². The molecule has 1 atom stereocenters. The van der Waals surface area contributed by atoms with E-state index < -0.39 is 30.8 Å². The molecular weight excluding hydrogens is 304 g/mol. The van der Waals surface area contributed by atoms with Crippen molar-refractivity contribution in [1.82, 2.24) is 10.2 Å². The third kappa shape index (κ3) is 5.39. The SMILES string of the molecule is CCC(CC)N1CC(C(=O)NCC(F)(F)CN)CC1=O.Cl. The van der Waals surface area contributed by atoms with Crippen molar-refractivity contribution < 1.29 is 18.4 Å². The van der Waals surface area contributed by atoms with Gasteiger partial charge in [-0.1, -0.05) is 13.8 Å². The molecule has 124 valence electrons. The maximum atomic E-state index is 13.0. The zero-order chi connectivity index (χ0) is 15.3. The van der Waals surface area contributed by atoms with E-state index >= 15 is 0 Å². The van der Waals surface area contributed by atoms with Gasteiger partial charge in [-0.2, -0.15) is 0 Å². The topological polar surface area (TPSA) is 75.4 Å². The Hall–Kier alpha value is -0.950. The highest BCUT2D eigenvalue weighted by molar-refractivity contribution is 5.89. The lowest BCUT2D eigenvalue weighted by Gasteiger charge is -2.26. The molecule has 2 amide bonds. The summed E-state index contributed by atoms with van der Waals surface area (Å²) in [6, 6.07) is 0.116. The molecule has 0 bridgehead atoms. The van der Waals surface area contributed by atoms with Crippen molar-refractivity contribution in [3.8, 4) is 0 Å². The molecule has 8 heteroatoms. The van der Waals surface area contributed by atoms with E-state index in [0.717, 1.165) is 12.8 Å². The standard InChI is InChI=1S/C13H23F2N3O2.ClH/c1-3-10(4-2)18-6-9(5-11(18)19)12(20)17-8-13(14,15)7-16;/h9-10H,3-8,16H2,1-2H3,(H,17,20);1H. The Balaban J connectivity index is 0.00000400. The first-order valence-corrected chi connectivity index (χ1v) is 6.99. The van der Waals surface area contributed by atoms with Crippen LogP contribution >= 0.6 is 12.4 Å². The summed E-state index contributed by atoms with van der Waals surface area (Å²) in [5, 5.41) is 2.18. The molecule has 1 aliphatic rings. The van der Waals surface area contributed by atoms with Gasteiger partial charge in [-0.05, 0) is 12.8 Å². The summed E-state index contributed by atoms with van der Waals surface area (Å²) < 4.78 is 25.9. The number of amides is 2. The quantitative estimate of drug-likeness (QED) is 0.736. The van der Waals surface area contributed by atoms with Crippen molar-refractivity contribution in [1.29, 1.82) is 0 Å². The molecule has 0 aromatic heterocycles. The van der Waals surface area contributed by atoms with Crippen LogP contribution in [0.1, 0.15) is 33.1 Å². The van der Waals surface area contributed by atoms with Crippen LogP contribution in [0, 0.1) is 5.92 Å². The van der Waals surface area contributed by atoms with E-state index in [1.54, 1.807) is 4.90 Å². The number of likely N-dealkylation sites (tertiary alicyclic amines) is 1. The molecule has 1 unspecified atom stereocenters. The predicted molar refractivity (Wildman–Crippen MR) is 78.4 cm³/mol. The molecule has 0 spiro atoms. The number of halogens is 3. The number of carbonyl (C=O) groups excluding carboxylic acids is 2. The molecule has 0 radical (unpaired) electrons. The van der Waals surface area contributed by atoms with Gasteiger partial charge in [0, 0.05) is 19.0 Å². The van der Waals surface area contributed by atoms with Crippen LogP contribution < -0.4 is 11.1 Å². The van der Waals surface area contributed by atoms with Gasteiger partial charge in [-0.3, -0.25) is 9.59 Å². The molecular formula is C13H24ClF2N3O2. The van der Waals surface area contributed by atoms with E-state index in [0.29, 0.717) is 6.54 Å². The third-order valence-electron chi connectivity index (χ3n) is 3.73. The molecule has 0 saturated carbocycles. The van der Waals surface area contributed by atoms with Gasteiger partial charge >= 0.3 is 0 Å². The summed E-state index contributed by atoms with van der Waals surface area (Å²) >= 11 is 0. The van der Waals surface area contributed by atoms with E-state index in [9.17, 15) is 18.4 Å². The lowest BCUT2D eigenvalue weighted by Crippen LogP contribution is -2.44. The number of hydrogen-bond donors (Lipinski definition) is 2. The second-order valence-electron chi connectivity index (χ2n) is 5.20. The smallest absolute Gasteiger partial charge is 0.277 e. The monoisotopic (exact) mass is 327 g/mol. The van der Waals surface area contributed by atoms with E-state index in [4.69, 9.17) is 5.73 Å². The van der Waals surface area contributed by atoms with E-state index in [-0.39, 0.29) is 30.8 Å². The van der Waals surface area contributed by atoms with Gasteiger partial charge in [0.05, 0.1) is 19.0 Å². The minimum absolute atomic E-state index is 0. The second-order valence-corrected chi connectivity index (χ2v) is 5.20. The first-order valence-electron chi connectivity index (χ1n) is 6.99. The zero-order valence-electron chi connectivity index (χ0n) is 12.4. The Labute approximate surface area is 130 Å². The molecule has 21 heavy (non-hydrogen) atoms. The molecule has 1 heterocycles. The Kier molecular flexibility index (Phi) is 8.10. The van der Waals surface area contributed by atoms with Crippen molar-refractivity contribution in [2.45, 2.75) is 45.1 Å². The zero-order valence-corrected chi connectivity index (χ0v) is 13.2. The fraction of sp³-hybridized carbons (Fsp3) is 0.846.